The third-order valence-electron chi connectivity index (χ3n) is 3.86. The van der Waals surface area contributed by atoms with E-state index in [1.54, 1.807) is 7.11 Å². The zero-order valence-corrected chi connectivity index (χ0v) is 12.1. The second-order valence-corrected chi connectivity index (χ2v) is 6.43. The summed E-state index contributed by atoms with van der Waals surface area (Å²) >= 11 is 0. The van der Waals surface area contributed by atoms with Gasteiger partial charge >= 0.3 is 0 Å². The molecule has 1 fully saturated rings. The van der Waals surface area contributed by atoms with Gasteiger partial charge in [-0.2, -0.15) is 0 Å². The summed E-state index contributed by atoms with van der Waals surface area (Å²) in [4.78, 5) is 11.9. The summed E-state index contributed by atoms with van der Waals surface area (Å²) < 4.78 is 5.08. The topological polar surface area (TPSA) is 64.3 Å². The predicted molar refractivity (Wildman–Crippen MR) is 73.3 cm³/mol. The lowest BCUT2D eigenvalue weighted by atomic mass is 9.89. The number of methoxy groups -OCH3 is 1. The van der Waals surface area contributed by atoms with Gasteiger partial charge in [0, 0.05) is 32.2 Å². The second-order valence-electron chi connectivity index (χ2n) is 6.43. The minimum atomic E-state index is -0.249. The quantitative estimate of drug-likeness (QED) is 0.730. The van der Waals surface area contributed by atoms with Crippen molar-refractivity contribution in [1.82, 2.24) is 5.32 Å². The number of ether oxygens (including phenoxy) is 1. The highest BCUT2D eigenvalue weighted by Crippen LogP contribution is 2.30. The SMILES string of the molecule is COCCC(C)(C)CNC(=O)CC1(N)CCCC1. The highest BCUT2D eigenvalue weighted by atomic mass is 16.5. The van der Waals surface area contributed by atoms with Crippen molar-refractivity contribution in [1.29, 1.82) is 0 Å². The van der Waals surface area contributed by atoms with Gasteiger partial charge in [0.15, 0.2) is 0 Å². The zero-order valence-electron chi connectivity index (χ0n) is 12.1. The average Bonchev–Trinajstić information content (AvgIpc) is 2.71. The lowest BCUT2D eigenvalue weighted by molar-refractivity contribution is -0.122. The first-order chi connectivity index (χ1) is 8.37. The lowest BCUT2D eigenvalue weighted by Gasteiger charge is -2.27. The predicted octanol–water partition coefficient (Wildman–Crippen LogP) is 1.83. The van der Waals surface area contributed by atoms with Crippen LogP contribution in [0.15, 0.2) is 0 Å². The van der Waals surface area contributed by atoms with E-state index in [1.165, 1.54) is 0 Å². The molecule has 106 valence electrons. The smallest absolute Gasteiger partial charge is 0.221 e. The highest BCUT2D eigenvalue weighted by molar-refractivity contribution is 5.77. The molecule has 0 aromatic heterocycles. The van der Waals surface area contributed by atoms with Crippen LogP contribution in [-0.4, -0.2) is 31.7 Å². The van der Waals surface area contributed by atoms with Crippen LogP contribution in [0.25, 0.3) is 0 Å². The first-order valence-electron chi connectivity index (χ1n) is 6.91. The maximum Gasteiger partial charge on any atom is 0.221 e. The molecule has 0 bridgehead atoms. The molecule has 1 rings (SSSR count). The minimum Gasteiger partial charge on any atom is -0.385 e. The Kier molecular flexibility index (Phi) is 5.60. The summed E-state index contributed by atoms with van der Waals surface area (Å²) in [5.74, 6) is 0.0879. The van der Waals surface area contributed by atoms with Gasteiger partial charge in [-0.15, -0.1) is 0 Å². The number of nitrogens with one attached hydrogen (secondary N) is 1. The van der Waals surface area contributed by atoms with Crippen LogP contribution in [-0.2, 0) is 9.53 Å². The Labute approximate surface area is 111 Å². The van der Waals surface area contributed by atoms with E-state index in [4.69, 9.17) is 10.5 Å². The molecule has 0 spiro atoms. The van der Waals surface area contributed by atoms with Crippen LogP contribution in [0.4, 0.5) is 0 Å². The van der Waals surface area contributed by atoms with E-state index in [0.29, 0.717) is 13.0 Å². The molecule has 1 amide bonds. The normalized spacial score (nSPS) is 18.9. The number of hydrogen-bond acceptors (Lipinski definition) is 3. The van der Waals surface area contributed by atoms with Crippen LogP contribution >= 0.6 is 0 Å². The van der Waals surface area contributed by atoms with Gasteiger partial charge in [-0.05, 0) is 24.7 Å². The van der Waals surface area contributed by atoms with Crippen molar-refractivity contribution in [2.75, 3.05) is 20.3 Å². The Bertz CT molecular complexity index is 271. The zero-order chi connectivity index (χ0) is 13.6. The molecule has 0 atom stereocenters. The van der Waals surface area contributed by atoms with E-state index in [-0.39, 0.29) is 16.9 Å². The van der Waals surface area contributed by atoms with Crippen molar-refractivity contribution < 1.29 is 9.53 Å². The molecule has 1 aliphatic carbocycles. The number of amides is 1. The summed E-state index contributed by atoms with van der Waals surface area (Å²) in [7, 11) is 1.70. The summed E-state index contributed by atoms with van der Waals surface area (Å²) in [5, 5.41) is 3.01. The fourth-order valence-electron chi connectivity index (χ4n) is 2.44. The molecule has 0 saturated heterocycles. The molecule has 4 nitrogen and oxygen atoms in total. The summed E-state index contributed by atoms with van der Waals surface area (Å²) in [5.41, 5.74) is 6.02. The molecular formula is C14H28N2O2. The maximum absolute atomic E-state index is 11.9. The van der Waals surface area contributed by atoms with Gasteiger partial charge in [0.05, 0.1) is 0 Å². The molecule has 18 heavy (non-hydrogen) atoms. The van der Waals surface area contributed by atoms with Crippen LogP contribution in [0.1, 0.15) is 52.4 Å². The molecule has 1 saturated carbocycles. The molecule has 3 N–H and O–H groups in total. The van der Waals surface area contributed by atoms with Crippen molar-refractivity contribution in [3.05, 3.63) is 0 Å². The molecule has 1 aliphatic rings. The third kappa shape index (κ3) is 5.36. The summed E-state index contributed by atoms with van der Waals surface area (Å²) in [6.07, 6.45) is 5.68. The molecule has 0 unspecified atom stereocenters. The molecule has 0 aliphatic heterocycles. The summed E-state index contributed by atoms with van der Waals surface area (Å²) in [6, 6.07) is 0. The molecule has 0 radical (unpaired) electrons. The molecular weight excluding hydrogens is 228 g/mol. The molecule has 4 heteroatoms. The first-order valence-corrected chi connectivity index (χ1v) is 6.91. The Morgan fingerprint density at radius 3 is 2.56 bits per heavy atom. The van der Waals surface area contributed by atoms with Gasteiger partial charge in [-0.3, -0.25) is 4.79 Å². The fourth-order valence-corrected chi connectivity index (χ4v) is 2.44. The van der Waals surface area contributed by atoms with E-state index in [0.717, 1.165) is 38.7 Å². The number of carbonyl (C=O) groups is 1. The van der Waals surface area contributed by atoms with Crippen molar-refractivity contribution >= 4 is 5.91 Å². The van der Waals surface area contributed by atoms with Gasteiger partial charge in [-0.1, -0.05) is 26.7 Å². The number of hydrogen-bond donors (Lipinski definition) is 2. The van der Waals surface area contributed by atoms with Gasteiger partial charge in [-0.25, -0.2) is 0 Å². The van der Waals surface area contributed by atoms with Crippen LogP contribution in [0, 0.1) is 5.41 Å². The Morgan fingerprint density at radius 1 is 1.39 bits per heavy atom. The van der Waals surface area contributed by atoms with Crippen LogP contribution in [0.5, 0.6) is 0 Å². The average molecular weight is 256 g/mol. The molecule has 0 aromatic rings. The van der Waals surface area contributed by atoms with Gasteiger partial charge in [0.1, 0.15) is 0 Å². The van der Waals surface area contributed by atoms with E-state index < -0.39 is 0 Å². The van der Waals surface area contributed by atoms with Crippen molar-refractivity contribution in [3.8, 4) is 0 Å². The minimum absolute atomic E-state index is 0.0725. The van der Waals surface area contributed by atoms with Crippen LogP contribution in [0.3, 0.4) is 0 Å². The Balaban J connectivity index is 2.27. The number of nitrogens with two attached hydrogens (primary N) is 1. The Hall–Kier alpha value is -0.610. The maximum atomic E-state index is 11.9. The Morgan fingerprint density at radius 2 is 2.00 bits per heavy atom. The van der Waals surface area contributed by atoms with E-state index >= 15 is 0 Å². The monoisotopic (exact) mass is 256 g/mol. The molecule has 0 aromatic carbocycles. The van der Waals surface area contributed by atoms with Gasteiger partial charge in [0.2, 0.25) is 5.91 Å². The van der Waals surface area contributed by atoms with E-state index in [9.17, 15) is 4.79 Å². The molecule has 0 heterocycles. The van der Waals surface area contributed by atoms with Gasteiger partial charge < -0.3 is 15.8 Å². The highest BCUT2D eigenvalue weighted by Gasteiger charge is 2.32. The fraction of sp³-hybridized carbons (Fsp3) is 0.929. The van der Waals surface area contributed by atoms with Crippen molar-refractivity contribution in [2.24, 2.45) is 11.1 Å². The van der Waals surface area contributed by atoms with E-state index in [2.05, 4.69) is 19.2 Å². The van der Waals surface area contributed by atoms with Gasteiger partial charge in [0.25, 0.3) is 0 Å². The largest absolute Gasteiger partial charge is 0.385 e. The van der Waals surface area contributed by atoms with Crippen molar-refractivity contribution in [2.45, 2.75) is 57.9 Å². The summed E-state index contributed by atoms with van der Waals surface area (Å²) in [6.45, 7) is 5.69. The van der Waals surface area contributed by atoms with E-state index in [1.807, 2.05) is 0 Å². The second kappa shape index (κ2) is 6.53. The number of rotatable bonds is 7. The first kappa shape index (κ1) is 15.4. The lowest BCUT2D eigenvalue weighted by Crippen LogP contribution is -2.44. The standard InChI is InChI=1S/C14H28N2O2/c1-13(2,8-9-18-3)11-16-12(17)10-14(15)6-4-5-7-14/h4-11,15H2,1-3H3,(H,16,17). The van der Waals surface area contributed by atoms with Crippen LogP contribution < -0.4 is 11.1 Å². The van der Waals surface area contributed by atoms with Crippen LogP contribution in [0.2, 0.25) is 0 Å². The number of carbonyl (C=O) groups excluding carboxylic acids is 1. The van der Waals surface area contributed by atoms with Crippen molar-refractivity contribution in [3.63, 3.8) is 0 Å². The third-order valence-corrected chi connectivity index (χ3v) is 3.86.